The van der Waals surface area contributed by atoms with Gasteiger partial charge in [0.15, 0.2) is 0 Å². The molecule has 0 unspecified atom stereocenters. The number of rotatable bonds is 3. The second-order valence-electron chi connectivity index (χ2n) is 5.83. The molecule has 2 amide bonds. The van der Waals surface area contributed by atoms with Crippen molar-refractivity contribution < 1.29 is 19.1 Å². The molecule has 0 aliphatic carbocycles. The van der Waals surface area contributed by atoms with Gasteiger partial charge in [-0.3, -0.25) is 9.59 Å². The van der Waals surface area contributed by atoms with Gasteiger partial charge in [0.1, 0.15) is 11.6 Å². The van der Waals surface area contributed by atoms with Crippen LogP contribution in [-0.2, 0) is 16.1 Å². The molecule has 1 aliphatic heterocycles. The summed E-state index contributed by atoms with van der Waals surface area (Å²) in [6.45, 7) is 0.129. The first-order valence-corrected chi connectivity index (χ1v) is 8.28. The minimum Gasteiger partial charge on any atom is -0.507 e. The van der Waals surface area contributed by atoms with Gasteiger partial charge in [0, 0.05) is 12.6 Å². The highest BCUT2D eigenvalue weighted by Gasteiger charge is 2.30. The highest BCUT2D eigenvalue weighted by Crippen LogP contribution is 2.34. The number of hydrogen-bond acceptors (Lipinski definition) is 3. The van der Waals surface area contributed by atoms with E-state index in [1.54, 1.807) is 24.3 Å². The van der Waals surface area contributed by atoms with Crippen molar-refractivity contribution in [2.45, 2.75) is 13.0 Å². The number of carbonyl (C=O) groups excluding carboxylic acids is 2. The first-order chi connectivity index (χ1) is 12.4. The number of aliphatic hydroxyl groups is 1. The predicted molar refractivity (Wildman–Crippen MR) is 97.3 cm³/mol. The standard InChI is InChI=1S/C19H16ClFN2O3/c1-22-19(26)13-9-17(24)23(10-11-6-7-15(21)14(20)8-11)16-5-3-2-4-12(16)18(13)25/h2-8,25H,9-10H2,1H3,(H,22,26). The summed E-state index contributed by atoms with van der Waals surface area (Å²) in [5, 5.41) is 13.0. The Labute approximate surface area is 154 Å². The van der Waals surface area contributed by atoms with Gasteiger partial charge in [-0.15, -0.1) is 0 Å². The first kappa shape index (κ1) is 17.9. The second-order valence-corrected chi connectivity index (χ2v) is 6.24. The molecule has 7 heteroatoms. The Morgan fingerprint density at radius 2 is 2.04 bits per heavy atom. The van der Waals surface area contributed by atoms with Crippen LogP contribution in [0.3, 0.4) is 0 Å². The van der Waals surface area contributed by atoms with Crippen LogP contribution in [0.1, 0.15) is 17.5 Å². The van der Waals surface area contributed by atoms with E-state index in [1.807, 2.05) is 0 Å². The number of para-hydroxylation sites is 1. The molecule has 134 valence electrons. The molecule has 0 aromatic heterocycles. The normalized spacial score (nSPS) is 14.1. The van der Waals surface area contributed by atoms with Crippen LogP contribution in [0.4, 0.5) is 10.1 Å². The van der Waals surface area contributed by atoms with Crippen LogP contribution in [0.2, 0.25) is 5.02 Å². The quantitative estimate of drug-likeness (QED) is 0.864. The SMILES string of the molecule is CNC(=O)C1=C(O)c2ccccc2N(Cc2ccc(F)c(Cl)c2)C(=O)C1. The summed E-state index contributed by atoms with van der Waals surface area (Å²) < 4.78 is 13.4. The number of benzene rings is 2. The summed E-state index contributed by atoms with van der Waals surface area (Å²) in [5.74, 6) is -1.65. The fourth-order valence-corrected chi connectivity index (χ4v) is 3.07. The summed E-state index contributed by atoms with van der Waals surface area (Å²) >= 11 is 5.83. The molecule has 0 fully saturated rings. The molecule has 2 aromatic rings. The molecule has 3 rings (SSSR count). The van der Waals surface area contributed by atoms with E-state index in [2.05, 4.69) is 5.32 Å². The lowest BCUT2D eigenvalue weighted by molar-refractivity contribution is -0.121. The van der Waals surface area contributed by atoms with Crippen LogP contribution in [0.5, 0.6) is 0 Å². The minimum atomic E-state index is -0.542. The molecule has 2 aromatic carbocycles. The number of likely N-dealkylation sites (N-methyl/N-ethyl adjacent to an activating group) is 1. The van der Waals surface area contributed by atoms with E-state index in [0.29, 0.717) is 16.8 Å². The van der Waals surface area contributed by atoms with Crippen molar-refractivity contribution in [3.8, 4) is 0 Å². The van der Waals surface area contributed by atoms with Crippen LogP contribution in [0, 0.1) is 5.82 Å². The summed E-state index contributed by atoms with van der Waals surface area (Å²) in [5.41, 5.74) is 1.48. The van der Waals surface area contributed by atoms with Crippen molar-refractivity contribution in [1.82, 2.24) is 5.32 Å². The van der Waals surface area contributed by atoms with Crippen molar-refractivity contribution >= 4 is 34.9 Å². The van der Waals surface area contributed by atoms with E-state index in [4.69, 9.17) is 11.6 Å². The molecule has 0 radical (unpaired) electrons. The Hall–Kier alpha value is -2.86. The molecule has 26 heavy (non-hydrogen) atoms. The van der Waals surface area contributed by atoms with E-state index in [-0.39, 0.29) is 35.2 Å². The van der Waals surface area contributed by atoms with Crippen LogP contribution in [0.25, 0.3) is 5.76 Å². The van der Waals surface area contributed by atoms with Gasteiger partial charge in [0.25, 0.3) is 5.91 Å². The van der Waals surface area contributed by atoms with Crippen molar-refractivity contribution in [3.05, 3.63) is 70.0 Å². The fraction of sp³-hybridized carbons (Fsp3) is 0.158. The van der Waals surface area contributed by atoms with Crippen molar-refractivity contribution in [2.75, 3.05) is 11.9 Å². The Bertz CT molecular complexity index is 927. The van der Waals surface area contributed by atoms with Crippen LogP contribution < -0.4 is 10.2 Å². The zero-order valence-corrected chi connectivity index (χ0v) is 14.7. The summed E-state index contributed by atoms with van der Waals surface area (Å²) in [4.78, 5) is 26.3. The summed E-state index contributed by atoms with van der Waals surface area (Å²) in [6.07, 6.45) is -0.255. The lowest BCUT2D eigenvalue weighted by Crippen LogP contribution is -2.31. The number of aliphatic hydroxyl groups excluding tert-OH is 1. The van der Waals surface area contributed by atoms with Gasteiger partial charge in [0.2, 0.25) is 5.91 Å². The number of nitrogens with one attached hydrogen (secondary N) is 1. The van der Waals surface area contributed by atoms with Crippen molar-refractivity contribution in [2.24, 2.45) is 0 Å². The molecule has 0 bridgehead atoms. The Morgan fingerprint density at radius 3 is 2.73 bits per heavy atom. The number of amides is 2. The molecule has 0 spiro atoms. The maximum Gasteiger partial charge on any atom is 0.251 e. The van der Waals surface area contributed by atoms with Crippen molar-refractivity contribution in [1.29, 1.82) is 0 Å². The van der Waals surface area contributed by atoms with E-state index >= 15 is 0 Å². The molecular formula is C19H16ClFN2O3. The summed E-state index contributed by atoms with van der Waals surface area (Å²) in [7, 11) is 1.43. The zero-order valence-electron chi connectivity index (χ0n) is 13.9. The Balaban J connectivity index is 2.06. The average Bonchev–Trinajstić information content (AvgIpc) is 2.74. The summed E-state index contributed by atoms with van der Waals surface area (Å²) in [6, 6.07) is 11.0. The number of carbonyl (C=O) groups is 2. The van der Waals surface area contributed by atoms with Crippen LogP contribution in [-0.4, -0.2) is 24.0 Å². The zero-order chi connectivity index (χ0) is 18.8. The largest absolute Gasteiger partial charge is 0.507 e. The van der Waals surface area contributed by atoms with E-state index in [9.17, 15) is 19.1 Å². The van der Waals surface area contributed by atoms with Crippen molar-refractivity contribution in [3.63, 3.8) is 0 Å². The monoisotopic (exact) mass is 374 g/mol. The number of fused-ring (bicyclic) bond motifs is 1. The molecule has 0 saturated heterocycles. The third-order valence-electron chi connectivity index (χ3n) is 4.19. The lowest BCUT2D eigenvalue weighted by Gasteiger charge is -2.23. The maximum absolute atomic E-state index is 13.4. The second kappa shape index (κ2) is 7.17. The van der Waals surface area contributed by atoms with E-state index < -0.39 is 11.7 Å². The number of nitrogens with zero attached hydrogens (tertiary/aromatic N) is 1. The van der Waals surface area contributed by atoms with E-state index in [1.165, 1.54) is 30.1 Å². The third kappa shape index (κ3) is 3.28. The number of hydrogen-bond donors (Lipinski definition) is 2. The lowest BCUT2D eigenvalue weighted by atomic mass is 10.1. The molecule has 2 N–H and O–H groups in total. The smallest absolute Gasteiger partial charge is 0.251 e. The van der Waals surface area contributed by atoms with Gasteiger partial charge in [-0.25, -0.2) is 4.39 Å². The molecule has 5 nitrogen and oxygen atoms in total. The third-order valence-corrected chi connectivity index (χ3v) is 4.48. The fourth-order valence-electron chi connectivity index (χ4n) is 2.87. The number of halogens is 2. The van der Waals surface area contributed by atoms with Gasteiger partial charge < -0.3 is 15.3 Å². The highest BCUT2D eigenvalue weighted by atomic mass is 35.5. The topological polar surface area (TPSA) is 69.6 Å². The molecule has 0 saturated carbocycles. The molecule has 1 aliphatic rings. The molecular weight excluding hydrogens is 359 g/mol. The number of anilines is 1. The average molecular weight is 375 g/mol. The van der Waals surface area contributed by atoms with Gasteiger partial charge in [0.05, 0.1) is 29.2 Å². The van der Waals surface area contributed by atoms with Gasteiger partial charge >= 0.3 is 0 Å². The van der Waals surface area contributed by atoms with Crippen LogP contribution in [0.15, 0.2) is 48.0 Å². The van der Waals surface area contributed by atoms with Gasteiger partial charge in [-0.2, -0.15) is 0 Å². The Kier molecular flexibility index (Phi) is 4.95. The van der Waals surface area contributed by atoms with E-state index in [0.717, 1.165) is 0 Å². The molecule has 0 atom stereocenters. The highest BCUT2D eigenvalue weighted by molar-refractivity contribution is 6.30. The van der Waals surface area contributed by atoms with Gasteiger partial charge in [-0.1, -0.05) is 29.8 Å². The first-order valence-electron chi connectivity index (χ1n) is 7.90. The maximum atomic E-state index is 13.4. The minimum absolute atomic E-state index is 0.00425. The Morgan fingerprint density at radius 1 is 1.31 bits per heavy atom. The predicted octanol–water partition coefficient (Wildman–Crippen LogP) is 3.43. The molecule has 1 heterocycles. The van der Waals surface area contributed by atoms with Crippen LogP contribution >= 0.6 is 11.6 Å². The van der Waals surface area contributed by atoms with Gasteiger partial charge in [-0.05, 0) is 29.8 Å².